The largest absolute Gasteiger partial charge is 0.507 e. The van der Waals surface area contributed by atoms with E-state index in [1.165, 1.54) is 26.2 Å². The summed E-state index contributed by atoms with van der Waals surface area (Å²) in [6, 6.07) is 12.3. The molecule has 35 heavy (non-hydrogen) atoms. The lowest BCUT2D eigenvalue weighted by atomic mass is 9.95. The molecule has 2 aromatic carbocycles. The average Bonchev–Trinajstić information content (AvgIpc) is 3.39. The van der Waals surface area contributed by atoms with Crippen LogP contribution in [0.3, 0.4) is 0 Å². The Morgan fingerprint density at radius 1 is 0.971 bits per heavy atom. The lowest BCUT2D eigenvalue weighted by Crippen LogP contribution is -2.29. The van der Waals surface area contributed by atoms with Crippen molar-refractivity contribution in [1.82, 2.24) is 4.98 Å². The van der Waals surface area contributed by atoms with Crippen LogP contribution >= 0.6 is 11.3 Å². The van der Waals surface area contributed by atoms with Crippen molar-refractivity contribution in [2.45, 2.75) is 13.0 Å². The fraction of sp³-hybridized carbons (Fsp3) is 0.200. The number of nitrogens with zero attached hydrogens (tertiary/aromatic N) is 2. The maximum absolute atomic E-state index is 13.3. The number of rotatable bonds is 6. The first kappa shape index (κ1) is 24.0. The van der Waals surface area contributed by atoms with Crippen molar-refractivity contribution in [3.8, 4) is 11.5 Å². The molecule has 1 saturated heterocycles. The zero-order valence-corrected chi connectivity index (χ0v) is 20.2. The third-order valence-electron chi connectivity index (χ3n) is 5.60. The first-order valence-corrected chi connectivity index (χ1v) is 11.3. The molecule has 0 radical (unpaired) electrons. The van der Waals surface area contributed by atoms with E-state index in [4.69, 9.17) is 14.2 Å². The van der Waals surface area contributed by atoms with E-state index < -0.39 is 23.7 Å². The van der Waals surface area contributed by atoms with E-state index in [0.29, 0.717) is 28.3 Å². The van der Waals surface area contributed by atoms with E-state index in [1.54, 1.807) is 55.5 Å². The second kappa shape index (κ2) is 9.59. The van der Waals surface area contributed by atoms with Gasteiger partial charge in [-0.15, -0.1) is 0 Å². The second-order valence-electron chi connectivity index (χ2n) is 7.57. The van der Waals surface area contributed by atoms with Crippen LogP contribution in [-0.4, -0.2) is 49.1 Å². The summed E-state index contributed by atoms with van der Waals surface area (Å²) in [7, 11) is 4.29. The number of aromatic nitrogens is 1. The fourth-order valence-electron chi connectivity index (χ4n) is 3.80. The molecule has 1 unspecified atom stereocenters. The highest BCUT2D eigenvalue weighted by Crippen LogP contribution is 2.44. The van der Waals surface area contributed by atoms with Gasteiger partial charge in [0.05, 0.1) is 38.6 Å². The number of benzene rings is 2. The van der Waals surface area contributed by atoms with Crippen LogP contribution in [0.25, 0.3) is 5.76 Å². The number of Topliss-reactive ketones (excluding diaryl/α,β-unsaturated/α-hetero) is 1. The van der Waals surface area contributed by atoms with Crippen molar-refractivity contribution >= 4 is 39.9 Å². The number of methoxy groups -OCH3 is 3. The molecule has 0 bridgehead atoms. The number of aryl methyl sites for hydroxylation is 1. The van der Waals surface area contributed by atoms with Gasteiger partial charge in [0.25, 0.3) is 5.78 Å². The molecular formula is C25H22N2O7S. The predicted octanol–water partition coefficient (Wildman–Crippen LogP) is 3.88. The summed E-state index contributed by atoms with van der Waals surface area (Å²) in [6.45, 7) is 1.61. The monoisotopic (exact) mass is 494 g/mol. The molecule has 180 valence electrons. The third-order valence-corrected chi connectivity index (χ3v) is 6.74. The first-order valence-electron chi connectivity index (χ1n) is 10.5. The Labute approximate surface area is 205 Å². The van der Waals surface area contributed by atoms with Gasteiger partial charge in [-0.1, -0.05) is 23.5 Å². The van der Waals surface area contributed by atoms with Crippen molar-refractivity contribution in [2.75, 3.05) is 26.2 Å². The summed E-state index contributed by atoms with van der Waals surface area (Å²) >= 11 is 0.938. The van der Waals surface area contributed by atoms with E-state index >= 15 is 0 Å². The van der Waals surface area contributed by atoms with Gasteiger partial charge in [-0.25, -0.2) is 9.78 Å². The maximum Gasteiger partial charge on any atom is 0.350 e. The Hall–Kier alpha value is -4.18. The number of esters is 1. The predicted molar refractivity (Wildman–Crippen MR) is 129 cm³/mol. The highest BCUT2D eigenvalue weighted by atomic mass is 32.1. The molecule has 3 aromatic rings. The van der Waals surface area contributed by atoms with Crippen molar-refractivity contribution in [2.24, 2.45) is 0 Å². The van der Waals surface area contributed by atoms with Crippen molar-refractivity contribution in [3.63, 3.8) is 0 Å². The summed E-state index contributed by atoms with van der Waals surface area (Å²) in [4.78, 5) is 44.4. The Morgan fingerprint density at radius 3 is 2.09 bits per heavy atom. The van der Waals surface area contributed by atoms with Gasteiger partial charge in [0, 0.05) is 5.56 Å². The second-order valence-corrected chi connectivity index (χ2v) is 8.55. The number of aliphatic hydroxyl groups is 1. The van der Waals surface area contributed by atoms with Crippen molar-refractivity contribution < 1.29 is 33.7 Å². The average molecular weight is 495 g/mol. The molecule has 1 amide bonds. The number of anilines is 1. The van der Waals surface area contributed by atoms with Crippen LogP contribution in [-0.2, 0) is 14.3 Å². The highest BCUT2D eigenvalue weighted by molar-refractivity contribution is 7.17. The number of aliphatic hydroxyl groups excluding tert-OH is 1. The minimum atomic E-state index is -0.987. The lowest BCUT2D eigenvalue weighted by Gasteiger charge is -2.23. The van der Waals surface area contributed by atoms with E-state index in [2.05, 4.69) is 4.98 Å². The highest BCUT2D eigenvalue weighted by Gasteiger charge is 2.48. The topological polar surface area (TPSA) is 115 Å². The van der Waals surface area contributed by atoms with Gasteiger partial charge in [-0.2, -0.15) is 0 Å². The molecule has 0 spiro atoms. The number of amides is 1. The molecule has 0 saturated carbocycles. The molecule has 1 aromatic heterocycles. The summed E-state index contributed by atoms with van der Waals surface area (Å²) in [5.41, 5.74) is 1.15. The number of hydrogen-bond donors (Lipinski definition) is 1. The maximum atomic E-state index is 13.3. The summed E-state index contributed by atoms with van der Waals surface area (Å²) < 4.78 is 15.2. The standard InChI is InChI=1S/C25H22N2O7S/c1-13-22(24(31)34-4)35-25(26-13)27-19(14-5-9-16(32-2)10-6-14)18(21(29)23(27)30)20(28)15-7-11-17(33-3)12-8-15/h5-12,19,28H,1-4H3/b20-18+. The van der Waals surface area contributed by atoms with Crippen molar-refractivity contribution in [1.29, 1.82) is 0 Å². The minimum Gasteiger partial charge on any atom is -0.507 e. The van der Waals surface area contributed by atoms with E-state index in [0.717, 1.165) is 11.3 Å². The van der Waals surface area contributed by atoms with Gasteiger partial charge in [-0.3, -0.25) is 14.5 Å². The minimum absolute atomic E-state index is 0.0993. The number of carbonyl (C=O) groups excluding carboxylic acids is 3. The van der Waals surface area contributed by atoms with E-state index in [-0.39, 0.29) is 21.3 Å². The molecule has 1 fully saturated rings. The smallest absolute Gasteiger partial charge is 0.350 e. The van der Waals surface area contributed by atoms with E-state index in [9.17, 15) is 19.5 Å². The van der Waals surface area contributed by atoms with Crippen LogP contribution in [0.4, 0.5) is 5.13 Å². The Bertz CT molecular complexity index is 1330. The zero-order chi connectivity index (χ0) is 25.3. The van der Waals surface area contributed by atoms with Crippen molar-refractivity contribution in [3.05, 3.63) is 75.8 Å². The molecule has 1 N–H and O–H groups in total. The molecular weight excluding hydrogens is 472 g/mol. The van der Waals surface area contributed by atoms with E-state index in [1.807, 2.05) is 0 Å². The molecule has 0 aliphatic carbocycles. The number of ether oxygens (including phenoxy) is 3. The number of thiazole rings is 1. The van der Waals surface area contributed by atoms with Gasteiger partial charge in [0.2, 0.25) is 0 Å². The molecule has 4 rings (SSSR count). The molecule has 9 nitrogen and oxygen atoms in total. The number of hydrogen-bond acceptors (Lipinski definition) is 9. The van der Waals surface area contributed by atoms with Gasteiger partial charge < -0.3 is 19.3 Å². The Morgan fingerprint density at radius 2 is 1.54 bits per heavy atom. The van der Waals surface area contributed by atoms with Crippen LogP contribution in [0.15, 0.2) is 54.1 Å². The Balaban J connectivity index is 1.91. The normalized spacial score (nSPS) is 16.9. The van der Waals surface area contributed by atoms with Gasteiger partial charge in [0.15, 0.2) is 5.13 Å². The number of carbonyl (C=O) groups is 3. The van der Waals surface area contributed by atoms with Crippen LogP contribution in [0.1, 0.15) is 32.5 Å². The molecule has 1 aliphatic rings. The fourth-order valence-corrected chi connectivity index (χ4v) is 4.81. The third kappa shape index (κ3) is 4.24. The quantitative estimate of drug-likeness (QED) is 0.238. The zero-order valence-electron chi connectivity index (χ0n) is 19.4. The SMILES string of the molecule is COC(=O)c1sc(N2C(=O)C(=O)/C(=C(/O)c3ccc(OC)cc3)C2c2ccc(OC)cc2)nc1C. The van der Waals surface area contributed by atoms with Gasteiger partial charge in [-0.05, 0) is 48.9 Å². The van der Waals surface area contributed by atoms with Crippen LogP contribution in [0, 0.1) is 6.92 Å². The lowest BCUT2D eigenvalue weighted by molar-refractivity contribution is -0.132. The summed E-state index contributed by atoms with van der Waals surface area (Å²) in [5, 5.41) is 11.3. The van der Waals surface area contributed by atoms with Crippen LogP contribution in [0.2, 0.25) is 0 Å². The first-order chi connectivity index (χ1) is 16.8. The molecule has 2 heterocycles. The molecule has 10 heteroatoms. The van der Waals surface area contributed by atoms with Crippen LogP contribution < -0.4 is 14.4 Å². The number of ketones is 1. The van der Waals surface area contributed by atoms with Crippen LogP contribution in [0.5, 0.6) is 11.5 Å². The summed E-state index contributed by atoms with van der Waals surface area (Å²) in [5.74, 6) is -1.52. The Kier molecular flexibility index (Phi) is 6.57. The van der Waals surface area contributed by atoms with Gasteiger partial charge in [0.1, 0.15) is 22.1 Å². The molecule has 1 aliphatic heterocycles. The van der Waals surface area contributed by atoms with Gasteiger partial charge >= 0.3 is 11.9 Å². The summed E-state index contributed by atoms with van der Waals surface area (Å²) in [6.07, 6.45) is 0. The molecule has 1 atom stereocenters.